The number of ether oxygens (including phenoxy) is 4. The van der Waals surface area contributed by atoms with Crippen LogP contribution in [0.4, 0.5) is 39.8 Å². The molecule has 3 aromatic rings. The number of hydrogen-bond acceptors (Lipinski definition) is 15. The molecule has 17 nitrogen and oxygen atoms in total. The second-order valence-corrected chi connectivity index (χ2v) is 14.4. The summed E-state index contributed by atoms with van der Waals surface area (Å²) in [6, 6.07) is 12.5. The number of carbonyl (C=O) groups excluding carboxylic acids is 2. The van der Waals surface area contributed by atoms with Crippen LogP contribution in [-0.2, 0) is 19.1 Å². The monoisotopic (exact) mass is 882 g/mol. The second kappa shape index (κ2) is 33.3. The zero-order valence-electron chi connectivity index (χ0n) is 38.1. The smallest absolute Gasteiger partial charge is 0.330 e. The van der Waals surface area contributed by atoms with Gasteiger partial charge in [-0.15, -0.1) is 0 Å². The number of nitrogen functional groups attached to an aromatic ring is 4. The summed E-state index contributed by atoms with van der Waals surface area (Å²) in [6.45, 7) is 20.9. The third-order valence-corrected chi connectivity index (χ3v) is 9.65. The number of anilines is 5. The molecule has 17 heteroatoms. The number of unbranched alkanes of at least 4 members (excludes halogenated alkanes) is 2. The van der Waals surface area contributed by atoms with Gasteiger partial charge in [-0.25, -0.2) is 4.79 Å². The van der Waals surface area contributed by atoms with Gasteiger partial charge in [0.1, 0.15) is 30.1 Å². The molecule has 0 bridgehead atoms. The average Bonchev–Trinajstić information content (AvgIpc) is 3.27. The summed E-state index contributed by atoms with van der Waals surface area (Å²) in [5.74, 6) is 2.06. The summed E-state index contributed by atoms with van der Waals surface area (Å²) in [6.07, 6.45) is 12.5. The zero-order chi connectivity index (χ0) is 47.7. The van der Waals surface area contributed by atoms with E-state index in [-0.39, 0.29) is 11.4 Å². The van der Waals surface area contributed by atoms with Crippen molar-refractivity contribution < 1.29 is 38.4 Å². The molecule has 8 N–H and O–H groups in total. The van der Waals surface area contributed by atoms with Crippen LogP contribution >= 0.6 is 0 Å². The minimum atomic E-state index is -0.762. The van der Waals surface area contributed by atoms with Gasteiger partial charge >= 0.3 is 5.97 Å². The Morgan fingerprint density at radius 3 is 1.68 bits per heavy atom. The van der Waals surface area contributed by atoms with Gasteiger partial charge < -0.3 is 46.8 Å². The van der Waals surface area contributed by atoms with E-state index in [9.17, 15) is 25.0 Å². The van der Waals surface area contributed by atoms with Crippen molar-refractivity contribution in [3.8, 4) is 11.5 Å². The average molecular weight is 882 g/mol. The van der Waals surface area contributed by atoms with Crippen molar-refractivity contribution in [2.24, 2.45) is 11.8 Å². The first-order valence-electron chi connectivity index (χ1n) is 21.2. The Kier molecular flexibility index (Phi) is 29.9. The Morgan fingerprint density at radius 1 is 0.762 bits per heavy atom. The van der Waals surface area contributed by atoms with E-state index in [2.05, 4.69) is 45.8 Å². The number of methoxy groups -OCH3 is 1. The highest BCUT2D eigenvalue weighted by atomic mass is 16.6. The minimum absolute atomic E-state index is 0.0874. The second-order valence-electron chi connectivity index (χ2n) is 14.4. The standard InChI is InChI=1S/C22H40N2O2.C15H22N2O3.C6H5N3O4.C3H4O/c1-5-9-11-17(7-3)15-25-21-13-20(24)22(14-19(21)23)26-16-18(8-4)12-10-6-2;1-4-15(18)20-10-8-17(7-9-19-3)13-5-6-14(16)12(2)11-13;7-5-2-1-4(8(10)11)3-6(5)9(12)13;1-2-3-4/h13-14,17-18H,5-12,15-16,23-24H2,1-4H3;4-6,11H,1,7-10,16H2,2-3H3;1-3H,7H2;2-3H,1H2. The molecule has 63 heavy (non-hydrogen) atoms. The maximum Gasteiger partial charge on any atom is 0.330 e. The number of allylic oxidation sites excluding steroid dienone is 1. The molecule has 2 atom stereocenters. The number of aryl methyl sites for hydroxylation is 1. The molecule has 2 unspecified atom stereocenters. The lowest BCUT2D eigenvalue weighted by Gasteiger charge is -2.25. The SMILES string of the molecule is C=CC(=O)OCCN(CCOC)c1ccc(N)c(C)c1.C=CC=O.CCCCC(CC)COc1cc(N)c(OCC(CC)CCCC)cc1N.Nc1ccc([N+](=O)[O-])cc1[N+](=O)[O-]. The number of nitrogens with two attached hydrogens (primary N) is 4. The molecular weight excluding hydrogens is 811 g/mol. The van der Waals surface area contributed by atoms with E-state index < -0.39 is 21.5 Å². The van der Waals surface area contributed by atoms with E-state index >= 15 is 0 Å². The molecule has 0 heterocycles. The molecule has 3 aromatic carbocycles. The van der Waals surface area contributed by atoms with Gasteiger partial charge in [-0.3, -0.25) is 25.0 Å². The maximum atomic E-state index is 11.0. The molecule has 0 aliphatic heterocycles. The van der Waals surface area contributed by atoms with Gasteiger partial charge in [-0.1, -0.05) is 79.4 Å². The van der Waals surface area contributed by atoms with Gasteiger partial charge in [0.2, 0.25) is 0 Å². The predicted molar refractivity (Wildman–Crippen MR) is 254 cm³/mol. The number of nitro benzene ring substituents is 2. The van der Waals surface area contributed by atoms with E-state index in [1.807, 2.05) is 37.3 Å². The van der Waals surface area contributed by atoms with Crippen molar-refractivity contribution in [3.05, 3.63) is 99.6 Å². The first-order valence-corrected chi connectivity index (χ1v) is 21.2. The lowest BCUT2D eigenvalue weighted by atomic mass is 10.0. The van der Waals surface area contributed by atoms with Crippen LogP contribution in [-0.4, -0.2) is 68.7 Å². The quantitative estimate of drug-likeness (QED) is 0.0154. The van der Waals surface area contributed by atoms with Crippen molar-refractivity contribution in [2.75, 3.05) is 74.5 Å². The van der Waals surface area contributed by atoms with Gasteiger partial charge in [0.15, 0.2) is 0 Å². The van der Waals surface area contributed by atoms with Gasteiger partial charge in [0, 0.05) is 49.3 Å². The number of hydrogen-bond donors (Lipinski definition) is 4. The fourth-order valence-corrected chi connectivity index (χ4v) is 5.60. The van der Waals surface area contributed by atoms with E-state index in [1.165, 1.54) is 44.6 Å². The van der Waals surface area contributed by atoms with Crippen LogP contribution < -0.4 is 37.3 Å². The maximum absolute atomic E-state index is 11.0. The van der Waals surface area contributed by atoms with E-state index in [4.69, 9.17) is 46.7 Å². The molecule has 350 valence electrons. The summed E-state index contributed by atoms with van der Waals surface area (Å²) >= 11 is 0. The van der Waals surface area contributed by atoms with Gasteiger partial charge in [0.25, 0.3) is 11.4 Å². The highest BCUT2D eigenvalue weighted by molar-refractivity contribution is 5.81. The fourth-order valence-electron chi connectivity index (χ4n) is 5.60. The Hall–Kier alpha value is -6.36. The highest BCUT2D eigenvalue weighted by Gasteiger charge is 2.17. The summed E-state index contributed by atoms with van der Waals surface area (Å²) in [5, 5.41) is 20.5. The topological polar surface area (TPSA) is 265 Å². The molecule has 0 saturated carbocycles. The summed E-state index contributed by atoms with van der Waals surface area (Å²) in [5.41, 5.74) is 26.5. The Labute approximate surface area is 373 Å². The number of aldehydes is 1. The van der Waals surface area contributed by atoms with Crippen LogP contribution in [0.15, 0.2) is 73.8 Å². The van der Waals surface area contributed by atoms with Gasteiger partial charge in [0.05, 0.1) is 53.7 Å². The van der Waals surface area contributed by atoms with Crippen LogP contribution in [0.1, 0.15) is 84.6 Å². The van der Waals surface area contributed by atoms with Crippen LogP contribution in [0.25, 0.3) is 0 Å². The van der Waals surface area contributed by atoms with E-state index in [1.54, 1.807) is 7.11 Å². The third kappa shape index (κ3) is 23.4. The lowest BCUT2D eigenvalue weighted by Crippen LogP contribution is -2.31. The Balaban J connectivity index is 0.000000917. The van der Waals surface area contributed by atoms with Gasteiger partial charge in [-0.05, 0) is 67.5 Å². The molecule has 0 amide bonds. The molecule has 3 rings (SSSR count). The van der Waals surface area contributed by atoms with Crippen LogP contribution in [0.3, 0.4) is 0 Å². The molecule has 0 aliphatic carbocycles. The number of rotatable bonds is 25. The first kappa shape index (κ1) is 56.6. The van der Waals surface area contributed by atoms with Gasteiger partial charge in [-0.2, -0.15) is 0 Å². The molecule has 0 fully saturated rings. The van der Waals surface area contributed by atoms with Crippen molar-refractivity contribution in [1.82, 2.24) is 0 Å². The molecule has 0 saturated heterocycles. The highest BCUT2D eigenvalue weighted by Crippen LogP contribution is 2.34. The van der Waals surface area contributed by atoms with Crippen molar-refractivity contribution >= 4 is 52.1 Å². The normalized spacial score (nSPS) is 11.0. The van der Waals surface area contributed by atoms with Crippen LogP contribution in [0.5, 0.6) is 11.5 Å². The first-order chi connectivity index (χ1) is 30.1. The Morgan fingerprint density at radius 2 is 1.27 bits per heavy atom. The number of nitro groups is 2. The zero-order valence-corrected chi connectivity index (χ0v) is 38.1. The van der Waals surface area contributed by atoms with Crippen LogP contribution in [0, 0.1) is 39.0 Å². The third-order valence-electron chi connectivity index (χ3n) is 9.65. The lowest BCUT2D eigenvalue weighted by molar-refractivity contribution is -0.393. The summed E-state index contributed by atoms with van der Waals surface area (Å²) in [4.78, 5) is 41.2. The van der Waals surface area contributed by atoms with E-state index in [0.717, 1.165) is 54.1 Å². The minimum Gasteiger partial charge on any atom is -0.491 e. The predicted octanol–water partition coefficient (Wildman–Crippen LogP) is 9.26. The van der Waals surface area contributed by atoms with Crippen LogP contribution in [0.2, 0.25) is 0 Å². The number of esters is 1. The molecule has 0 radical (unpaired) electrons. The Bertz CT molecular complexity index is 1790. The molecule has 0 aliphatic rings. The number of non-ortho nitro benzene ring substituents is 1. The number of nitrogens with zero attached hydrogens (tertiary/aromatic N) is 3. The largest absolute Gasteiger partial charge is 0.491 e. The molecule has 0 aromatic heterocycles. The summed E-state index contributed by atoms with van der Waals surface area (Å²) < 4.78 is 22.0. The van der Waals surface area contributed by atoms with E-state index in [0.29, 0.717) is 80.5 Å². The van der Waals surface area contributed by atoms with Crippen molar-refractivity contribution in [3.63, 3.8) is 0 Å². The summed E-state index contributed by atoms with van der Waals surface area (Å²) in [7, 11) is 1.66. The van der Waals surface area contributed by atoms with Crippen molar-refractivity contribution in [2.45, 2.75) is 86.0 Å². The molecule has 0 spiro atoms. The van der Waals surface area contributed by atoms with Crippen molar-refractivity contribution in [1.29, 1.82) is 0 Å². The number of benzene rings is 3. The fraction of sp³-hybridized carbons (Fsp3) is 0.478. The number of carbonyl (C=O) groups is 2. The molecular formula is C46H71N7O10.